The van der Waals surface area contributed by atoms with Crippen LogP contribution in [0.3, 0.4) is 0 Å². The molecule has 1 aliphatic rings. The molecule has 0 amide bonds. The first-order valence-electron chi connectivity index (χ1n) is 11.0. The summed E-state index contributed by atoms with van der Waals surface area (Å²) in [6.45, 7) is 1.78. The second kappa shape index (κ2) is 8.48. The number of aromatic nitrogens is 4. The number of aromatic amines is 1. The Morgan fingerprint density at radius 3 is 2.41 bits per heavy atom. The van der Waals surface area contributed by atoms with Gasteiger partial charge in [0.05, 0.1) is 22.1 Å². The number of carboxylic acids is 1. The lowest BCUT2D eigenvalue weighted by molar-refractivity contribution is -0.150. The molecule has 0 spiro atoms. The minimum absolute atomic E-state index is 0.0473. The summed E-state index contributed by atoms with van der Waals surface area (Å²) in [5.41, 5.74) is 2.25. The van der Waals surface area contributed by atoms with Gasteiger partial charge >= 0.3 is 5.97 Å². The van der Waals surface area contributed by atoms with Gasteiger partial charge in [-0.2, -0.15) is 0 Å². The molecule has 5 rings (SSSR count). The normalized spacial score (nSPS) is 20.4. The van der Waals surface area contributed by atoms with E-state index in [0.29, 0.717) is 59.7 Å². The minimum Gasteiger partial charge on any atom is -0.481 e. The van der Waals surface area contributed by atoms with Gasteiger partial charge in [0.2, 0.25) is 5.88 Å². The number of carboxylic acid groups (broad SMARTS) is 1. The standard InChI is InChI=1S/C25H22F2N4O3/c1-25(24(32)33)8-6-16(7-9-25)34-22-5-3-14(12-29-22)19-4-2-15(13-28-19)23-30-20-10-17(26)18(27)11-21(20)31-23/h2-5,10-13,16H,6-9H2,1H3,(H,30,31)(H,32,33)/t16-,25+. The van der Waals surface area contributed by atoms with Gasteiger partial charge in [0.1, 0.15) is 11.9 Å². The number of imidazole rings is 1. The molecule has 3 aromatic heterocycles. The Bertz CT molecular complexity index is 1310. The fourth-order valence-corrected chi connectivity index (χ4v) is 4.18. The van der Waals surface area contributed by atoms with E-state index in [1.165, 1.54) is 0 Å². The number of rotatable bonds is 5. The van der Waals surface area contributed by atoms with Crippen LogP contribution in [-0.2, 0) is 4.79 Å². The third-order valence-electron chi connectivity index (χ3n) is 6.43. The molecule has 34 heavy (non-hydrogen) atoms. The van der Waals surface area contributed by atoms with Crippen molar-refractivity contribution in [2.45, 2.75) is 38.7 Å². The molecule has 1 aromatic carbocycles. The number of hydrogen-bond acceptors (Lipinski definition) is 5. The molecule has 2 N–H and O–H groups in total. The second-order valence-electron chi connectivity index (χ2n) is 8.87. The molecule has 174 valence electrons. The zero-order valence-corrected chi connectivity index (χ0v) is 18.4. The number of ether oxygens (including phenoxy) is 1. The molecule has 0 unspecified atom stereocenters. The molecule has 0 aliphatic heterocycles. The molecule has 0 radical (unpaired) electrons. The summed E-state index contributed by atoms with van der Waals surface area (Å²) >= 11 is 0. The number of pyridine rings is 2. The van der Waals surface area contributed by atoms with E-state index in [2.05, 4.69) is 19.9 Å². The molecular formula is C25H22F2N4O3. The van der Waals surface area contributed by atoms with Crippen molar-refractivity contribution in [1.82, 2.24) is 19.9 Å². The van der Waals surface area contributed by atoms with Crippen LogP contribution in [0.1, 0.15) is 32.6 Å². The summed E-state index contributed by atoms with van der Waals surface area (Å²) in [4.78, 5) is 27.5. The fourth-order valence-electron chi connectivity index (χ4n) is 4.18. The van der Waals surface area contributed by atoms with Gasteiger partial charge in [-0.3, -0.25) is 9.78 Å². The summed E-state index contributed by atoms with van der Waals surface area (Å²) in [6, 6.07) is 9.41. The van der Waals surface area contributed by atoms with E-state index in [-0.39, 0.29) is 6.10 Å². The predicted octanol–water partition coefficient (Wildman–Crippen LogP) is 5.38. The number of H-pyrrole nitrogens is 1. The summed E-state index contributed by atoms with van der Waals surface area (Å²) in [5, 5.41) is 9.36. The van der Waals surface area contributed by atoms with E-state index >= 15 is 0 Å². The van der Waals surface area contributed by atoms with E-state index < -0.39 is 23.0 Å². The van der Waals surface area contributed by atoms with E-state index in [4.69, 9.17) is 4.74 Å². The molecule has 9 heteroatoms. The van der Waals surface area contributed by atoms with Gasteiger partial charge in [-0.25, -0.2) is 18.7 Å². The Labute approximate surface area is 193 Å². The maximum atomic E-state index is 13.4. The van der Waals surface area contributed by atoms with Crippen molar-refractivity contribution >= 4 is 17.0 Å². The van der Waals surface area contributed by atoms with Crippen LogP contribution < -0.4 is 4.74 Å². The lowest BCUT2D eigenvalue weighted by atomic mass is 9.75. The van der Waals surface area contributed by atoms with Gasteiger partial charge in [0, 0.05) is 41.7 Å². The first kappa shape index (κ1) is 21.9. The Morgan fingerprint density at radius 2 is 1.76 bits per heavy atom. The van der Waals surface area contributed by atoms with Crippen LogP contribution in [0.2, 0.25) is 0 Å². The average Bonchev–Trinajstić information content (AvgIpc) is 3.24. The van der Waals surface area contributed by atoms with Crippen LogP contribution in [-0.4, -0.2) is 37.1 Å². The van der Waals surface area contributed by atoms with Gasteiger partial charge < -0.3 is 14.8 Å². The molecule has 0 saturated heterocycles. The SMILES string of the molecule is C[C@]1(C(=O)O)CC[C@@H](Oc2ccc(-c3ccc(-c4nc5cc(F)c(F)cc5[nH]4)cn3)cn2)CC1. The quantitative estimate of drug-likeness (QED) is 0.411. The number of benzene rings is 1. The van der Waals surface area contributed by atoms with E-state index in [1.54, 1.807) is 25.4 Å². The molecule has 1 fully saturated rings. The van der Waals surface area contributed by atoms with Crippen molar-refractivity contribution in [2.75, 3.05) is 0 Å². The molecule has 7 nitrogen and oxygen atoms in total. The highest BCUT2D eigenvalue weighted by Crippen LogP contribution is 2.37. The van der Waals surface area contributed by atoms with E-state index in [9.17, 15) is 18.7 Å². The van der Waals surface area contributed by atoms with Crippen molar-refractivity contribution in [1.29, 1.82) is 0 Å². The minimum atomic E-state index is -0.943. The molecule has 1 saturated carbocycles. The number of fused-ring (bicyclic) bond motifs is 1. The van der Waals surface area contributed by atoms with Crippen molar-refractivity contribution in [3.8, 4) is 28.5 Å². The monoisotopic (exact) mass is 464 g/mol. The van der Waals surface area contributed by atoms with Crippen molar-refractivity contribution < 1.29 is 23.4 Å². The first-order valence-corrected chi connectivity index (χ1v) is 11.0. The van der Waals surface area contributed by atoms with Crippen molar-refractivity contribution in [2.24, 2.45) is 5.41 Å². The molecule has 0 atom stereocenters. The Morgan fingerprint density at radius 1 is 1.06 bits per heavy atom. The number of carbonyl (C=O) groups is 1. The van der Waals surface area contributed by atoms with Crippen LogP contribution >= 0.6 is 0 Å². The summed E-state index contributed by atoms with van der Waals surface area (Å²) in [6.07, 6.45) is 5.77. The Hall–Kier alpha value is -3.88. The van der Waals surface area contributed by atoms with Crippen LogP contribution in [0.15, 0.2) is 48.8 Å². The molecule has 4 aromatic rings. The molecular weight excluding hydrogens is 442 g/mol. The lowest BCUT2D eigenvalue weighted by Crippen LogP contribution is -2.36. The van der Waals surface area contributed by atoms with Crippen molar-refractivity contribution in [3.63, 3.8) is 0 Å². The number of nitrogens with zero attached hydrogens (tertiary/aromatic N) is 3. The summed E-state index contributed by atoms with van der Waals surface area (Å²) in [5.74, 6) is -1.67. The third-order valence-corrected chi connectivity index (χ3v) is 6.43. The highest BCUT2D eigenvalue weighted by Gasteiger charge is 2.38. The van der Waals surface area contributed by atoms with Crippen LogP contribution in [0.4, 0.5) is 8.78 Å². The maximum absolute atomic E-state index is 13.4. The van der Waals surface area contributed by atoms with Gasteiger partial charge in [-0.15, -0.1) is 0 Å². The Balaban J connectivity index is 1.26. The van der Waals surface area contributed by atoms with Gasteiger partial charge in [-0.05, 0) is 50.8 Å². The second-order valence-corrected chi connectivity index (χ2v) is 8.87. The smallest absolute Gasteiger partial charge is 0.309 e. The topological polar surface area (TPSA) is 101 Å². The molecule has 1 aliphatic carbocycles. The summed E-state index contributed by atoms with van der Waals surface area (Å²) in [7, 11) is 0. The zero-order chi connectivity index (χ0) is 23.9. The van der Waals surface area contributed by atoms with Gasteiger partial charge in [0.25, 0.3) is 0 Å². The van der Waals surface area contributed by atoms with Crippen LogP contribution in [0.5, 0.6) is 5.88 Å². The highest BCUT2D eigenvalue weighted by atomic mass is 19.2. The van der Waals surface area contributed by atoms with Gasteiger partial charge in [-0.1, -0.05) is 0 Å². The first-order chi connectivity index (χ1) is 16.3. The van der Waals surface area contributed by atoms with Gasteiger partial charge in [0.15, 0.2) is 11.6 Å². The fraction of sp³-hybridized carbons (Fsp3) is 0.280. The lowest BCUT2D eigenvalue weighted by Gasteiger charge is -2.33. The molecule has 0 bridgehead atoms. The van der Waals surface area contributed by atoms with Crippen LogP contribution in [0.25, 0.3) is 33.7 Å². The predicted molar refractivity (Wildman–Crippen MR) is 121 cm³/mol. The average molecular weight is 464 g/mol. The van der Waals surface area contributed by atoms with E-state index in [0.717, 1.165) is 17.7 Å². The summed E-state index contributed by atoms with van der Waals surface area (Å²) < 4.78 is 32.8. The molecule has 3 heterocycles. The highest BCUT2D eigenvalue weighted by molar-refractivity contribution is 5.79. The zero-order valence-electron chi connectivity index (χ0n) is 18.4. The van der Waals surface area contributed by atoms with E-state index in [1.807, 2.05) is 18.2 Å². The number of halogens is 2. The Kier molecular flexibility index (Phi) is 5.47. The largest absolute Gasteiger partial charge is 0.481 e. The van der Waals surface area contributed by atoms with Crippen molar-refractivity contribution in [3.05, 3.63) is 60.4 Å². The maximum Gasteiger partial charge on any atom is 0.309 e. The number of hydrogen-bond donors (Lipinski definition) is 2. The van der Waals surface area contributed by atoms with Crippen LogP contribution in [0, 0.1) is 17.0 Å². The number of nitrogens with one attached hydrogen (secondary N) is 1. The number of aliphatic carboxylic acids is 1. The third kappa shape index (κ3) is 4.21.